The Morgan fingerprint density at radius 3 is 2.83 bits per heavy atom. The summed E-state index contributed by atoms with van der Waals surface area (Å²) in [4.78, 5) is 14.0. The van der Waals surface area contributed by atoms with Crippen LogP contribution in [-0.4, -0.2) is 49.9 Å². The molecule has 0 saturated carbocycles. The number of urea groups is 1. The predicted octanol–water partition coefficient (Wildman–Crippen LogP) is 2.17. The first-order valence-electron chi connectivity index (χ1n) is 8.15. The van der Waals surface area contributed by atoms with Crippen LogP contribution in [0.3, 0.4) is 0 Å². The van der Waals surface area contributed by atoms with Crippen molar-refractivity contribution in [3.8, 4) is 11.5 Å². The maximum absolute atomic E-state index is 12.3. The lowest BCUT2D eigenvalue weighted by Crippen LogP contribution is -2.46. The van der Waals surface area contributed by atoms with Crippen LogP contribution in [0.5, 0.6) is 11.5 Å². The fraction of sp³-hybridized carbons (Fsp3) is 0.588. The van der Waals surface area contributed by atoms with E-state index < -0.39 is 0 Å². The van der Waals surface area contributed by atoms with Gasteiger partial charge >= 0.3 is 6.03 Å². The summed E-state index contributed by atoms with van der Waals surface area (Å²) in [5.74, 6) is 1.51. The summed E-state index contributed by atoms with van der Waals surface area (Å²) in [6.07, 6.45) is 2.20. The zero-order valence-corrected chi connectivity index (χ0v) is 13.7. The third-order valence-corrected chi connectivity index (χ3v) is 4.25. The van der Waals surface area contributed by atoms with Gasteiger partial charge in [0.25, 0.3) is 0 Å². The van der Waals surface area contributed by atoms with Crippen molar-refractivity contribution in [1.29, 1.82) is 0 Å². The van der Waals surface area contributed by atoms with E-state index in [9.17, 15) is 4.79 Å². The van der Waals surface area contributed by atoms with Gasteiger partial charge in [0.2, 0.25) is 0 Å². The van der Waals surface area contributed by atoms with E-state index in [0.717, 1.165) is 36.5 Å². The van der Waals surface area contributed by atoms with Gasteiger partial charge in [0, 0.05) is 20.2 Å². The Hall–Kier alpha value is -1.95. The van der Waals surface area contributed by atoms with Crippen LogP contribution in [0.15, 0.2) is 18.2 Å². The first-order valence-corrected chi connectivity index (χ1v) is 8.15. The van der Waals surface area contributed by atoms with Crippen molar-refractivity contribution in [1.82, 2.24) is 10.2 Å². The fourth-order valence-electron chi connectivity index (χ4n) is 2.93. The van der Waals surface area contributed by atoms with E-state index in [1.165, 1.54) is 0 Å². The Morgan fingerprint density at radius 2 is 2.09 bits per heavy atom. The molecule has 2 aliphatic heterocycles. The normalized spacial score (nSPS) is 20.9. The number of nitrogens with one attached hydrogen (secondary N) is 1. The third kappa shape index (κ3) is 3.88. The molecular weight excluding hydrogens is 296 g/mol. The summed E-state index contributed by atoms with van der Waals surface area (Å²) >= 11 is 0. The number of hydrogen-bond donors (Lipinski definition) is 1. The number of carbonyl (C=O) groups excluding carboxylic acids is 1. The lowest BCUT2D eigenvalue weighted by molar-refractivity contribution is 0.0838. The van der Waals surface area contributed by atoms with E-state index in [-0.39, 0.29) is 18.2 Å². The quantitative estimate of drug-likeness (QED) is 0.923. The Balaban J connectivity index is 1.55. The van der Waals surface area contributed by atoms with Crippen LogP contribution >= 0.6 is 0 Å². The molecule has 0 radical (unpaired) electrons. The number of hydrogen-bond acceptors (Lipinski definition) is 4. The predicted molar refractivity (Wildman–Crippen MR) is 85.9 cm³/mol. The highest BCUT2D eigenvalue weighted by atomic mass is 16.6. The summed E-state index contributed by atoms with van der Waals surface area (Å²) in [5.41, 5.74) is 1.01. The average Bonchev–Trinajstić information content (AvgIpc) is 3.09. The molecule has 126 valence electrons. The monoisotopic (exact) mass is 320 g/mol. The second-order valence-electron chi connectivity index (χ2n) is 6.12. The van der Waals surface area contributed by atoms with Gasteiger partial charge < -0.3 is 24.4 Å². The molecule has 1 fully saturated rings. The molecule has 6 nitrogen and oxygen atoms in total. The minimum absolute atomic E-state index is 0.0210. The molecule has 0 aromatic heterocycles. The van der Waals surface area contributed by atoms with Crippen LogP contribution in [-0.2, 0) is 11.3 Å². The van der Waals surface area contributed by atoms with Crippen LogP contribution in [0.25, 0.3) is 0 Å². The standard InChI is InChI=1S/C17H24N2O4/c1-12(14-4-3-7-21-14)18-17(20)19(2)11-13-5-6-15-16(10-13)23-9-8-22-15/h5-6,10,12,14H,3-4,7-9,11H2,1-2H3,(H,18,20)/t12-,14+/m1/s1. The van der Waals surface area contributed by atoms with E-state index in [1.54, 1.807) is 11.9 Å². The van der Waals surface area contributed by atoms with Crippen molar-refractivity contribution >= 4 is 6.03 Å². The number of benzene rings is 1. The molecule has 1 saturated heterocycles. The molecule has 0 unspecified atom stereocenters. The second kappa shape index (κ2) is 7.08. The van der Waals surface area contributed by atoms with Crippen molar-refractivity contribution < 1.29 is 19.0 Å². The first-order chi connectivity index (χ1) is 11.1. The van der Waals surface area contributed by atoms with Gasteiger partial charge in [-0.3, -0.25) is 0 Å². The van der Waals surface area contributed by atoms with E-state index >= 15 is 0 Å². The lowest BCUT2D eigenvalue weighted by Gasteiger charge is -2.25. The van der Waals surface area contributed by atoms with Gasteiger partial charge in [-0.1, -0.05) is 6.07 Å². The Bertz CT molecular complexity index is 558. The maximum atomic E-state index is 12.3. The molecule has 2 heterocycles. The smallest absolute Gasteiger partial charge is 0.317 e. The van der Waals surface area contributed by atoms with Gasteiger partial charge in [-0.05, 0) is 37.5 Å². The molecule has 0 bridgehead atoms. The first kappa shape index (κ1) is 15.9. The zero-order chi connectivity index (χ0) is 16.2. The highest BCUT2D eigenvalue weighted by Gasteiger charge is 2.24. The largest absolute Gasteiger partial charge is 0.486 e. The molecule has 23 heavy (non-hydrogen) atoms. The van der Waals surface area contributed by atoms with Crippen LogP contribution in [0.1, 0.15) is 25.3 Å². The van der Waals surface area contributed by atoms with Gasteiger partial charge in [-0.15, -0.1) is 0 Å². The summed E-state index contributed by atoms with van der Waals surface area (Å²) in [6.45, 7) is 4.44. The molecule has 2 atom stereocenters. The highest BCUT2D eigenvalue weighted by molar-refractivity contribution is 5.74. The van der Waals surface area contributed by atoms with Gasteiger partial charge in [0.05, 0.1) is 12.1 Å². The maximum Gasteiger partial charge on any atom is 0.317 e. The lowest BCUT2D eigenvalue weighted by atomic mass is 10.1. The topological polar surface area (TPSA) is 60.0 Å². The summed E-state index contributed by atoms with van der Waals surface area (Å²) in [5, 5.41) is 3.01. The van der Waals surface area contributed by atoms with Gasteiger partial charge in [-0.2, -0.15) is 0 Å². The van der Waals surface area contributed by atoms with E-state index in [1.807, 2.05) is 25.1 Å². The van der Waals surface area contributed by atoms with Crippen molar-refractivity contribution in [2.75, 3.05) is 26.9 Å². The molecule has 3 rings (SSSR count). The minimum Gasteiger partial charge on any atom is -0.486 e. The van der Waals surface area contributed by atoms with Crippen molar-refractivity contribution in [3.05, 3.63) is 23.8 Å². The number of carbonyl (C=O) groups is 1. The summed E-state index contributed by atoms with van der Waals surface area (Å²) in [6, 6.07) is 5.71. The molecule has 1 N–H and O–H groups in total. The number of ether oxygens (including phenoxy) is 3. The second-order valence-corrected chi connectivity index (χ2v) is 6.12. The highest BCUT2D eigenvalue weighted by Crippen LogP contribution is 2.31. The van der Waals surface area contributed by atoms with Crippen molar-refractivity contribution in [2.45, 2.75) is 38.5 Å². The fourth-order valence-corrected chi connectivity index (χ4v) is 2.93. The molecule has 2 amide bonds. The Kier molecular flexibility index (Phi) is 4.91. The third-order valence-electron chi connectivity index (χ3n) is 4.25. The number of fused-ring (bicyclic) bond motifs is 1. The van der Waals surface area contributed by atoms with Gasteiger partial charge in [-0.25, -0.2) is 4.79 Å². The Morgan fingerprint density at radius 1 is 1.30 bits per heavy atom. The van der Waals surface area contributed by atoms with Crippen molar-refractivity contribution in [3.63, 3.8) is 0 Å². The molecule has 2 aliphatic rings. The number of amides is 2. The SMILES string of the molecule is C[C@@H](NC(=O)N(C)Cc1ccc2c(c1)OCCO2)[C@@H]1CCCO1. The number of rotatable bonds is 4. The Labute approximate surface area is 136 Å². The van der Waals surface area contributed by atoms with Gasteiger partial charge in [0.1, 0.15) is 13.2 Å². The van der Waals surface area contributed by atoms with Gasteiger partial charge in [0.15, 0.2) is 11.5 Å². The average molecular weight is 320 g/mol. The van der Waals surface area contributed by atoms with Crippen molar-refractivity contribution in [2.24, 2.45) is 0 Å². The van der Waals surface area contributed by atoms with E-state index in [4.69, 9.17) is 14.2 Å². The molecule has 0 spiro atoms. The van der Waals surface area contributed by atoms with Crippen LogP contribution in [0.4, 0.5) is 4.79 Å². The van der Waals surface area contributed by atoms with E-state index in [0.29, 0.717) is 19.8 Å². The molecule has 1 aromatic rings. The van der Waals surface area contributed by atoms with Crippen LogP contribution < -0.4 is 14.8 Å². The molecular formula is C17H24N2O4. The molecule has 1 aromatic carbocycles. The van der Waals surface area contributed by atoms with Crippen LogP contribution in [0.2, 0.25) is 0 Å². The summed E-state index contributed by atoms with van der Waals surface area (Å²) in [7, 11) is 1.79. The summed E-state index contributed by atoms with van der Waals surface area (Å²) < 4.78 is 16.7. The number of nitrogens with zero attached hydrogens (tertiary/aromatic N) is 1. The minimum atomic E-state index is -0.0945. The van der Waals surface area contributed by atoms with E-state index in [2.05, 4.69) is 5.32 Å². The molecule has 6 heteroatoms. The zero-order valence-electron chi connectivity index (χ0n) is 13.7. The molecule has 0 aliphatic carbocycles. The van der Waals surface area contributed by atoms with Crippen LogP contribution in [0, 0.1) is 0 Å².